The third-order valence-electron chi connectivity index (χ3n) is 2.39. The summed E-state index contributed by atoms with van der Waals surface area (Å²) in [5.41, 5.74) is 0. The fourth-order valence-electron chi connectivity index (χ4n) is 1.55. The summed E-state index contributed by atoms with van der Waals surface area (Å²) in [4.78, 5) is 2.44. The molecule has 0 spiro atoms. The molecule has 2 nitrogen and oxygen atoms in total. The number of nitrogens with one attached hydrogen (secondary N) is 1. The van der Waals surface area contributed by atoms with Gasteiger partial charge in [0.2, 0.25) is 0 Å². The van der Waals surface area contributed by atoms with Crippen molar-refractivity contribution in [2.75, 3.05) is 26.7 Å². The van der Waals surface area contributed by atoms with E-state index in [1.165, 1.54) is 25.9 Å². The molecule has 0 radical (unpaired) electrons. The summed E-state index contributed by atoms with van der Waals surface area (Å²) in [6.45, 7) is 12.5. The SMILES string of the molecule is CCCCN(C)CC(C)CNC(C)C. The molecule has 0 aromatic heterocycles. The van der Waals surface area contributed by atoms with Gasteiger partial charge in [-0.05, 0) is 32.5 Å². The molecule has 14 heavy (non-hydrogen) atoms. The standard InChI is InChI=1S/C12H28N2/c1-6-7-8-14(5)10-12(4)9-13-11(2)3/h11-13H,6-10H2,1-5H3. The van der Waals surface area contributed by atoms with Gasteiger partial charge in [-0.25, -0.2) is 0 Å². The predicted molar refractivity (Wildman–Crippen MR) is 64.7 cm³/mol. The van der Waals surface area contributed by atoms with Gasteiger partial charge in [0.05, 0.1) is 0 Å². The zero-order valence-electron chi connectivity index (χ0n) is 10.6. The number of hydrogen-bond acceptors (Lipinski definition) is 2. The molecule has 0 aliphatic carbocycles. The van der Waals surface area contributed by atoms with E-state index < -0.39 is 0 Å². The minimum absolute atomic E-state index is 0.610. The molecule has 0 aromatic carbocycles. The second kappa shape index (κ2) is 8.25. The fourth-order valence-corrected chi connectivity index (χ4v) is 1.55. The van der Waals surface area contributed by atoms with E-state index in [4.69, 9.17) is 0 Å². The first-order chi connectivity index (χ1) is 6.56. The van der Waals surface area contributed by atoms with Crippen molar-refractivity contribution in [3.63, 3.8) is 0 Å². The highest BCUT2D eigenvalue weighted by atomic mass is 15.1. The van der Waals surface area contributed by atoms with Crippen molar-refractivity contribution in [1.82, 2.24) is 10.2 Å². The van der Waals surface area contributed by atoms with Crippen LogP contribution in [0, 0.1) is 5.92 Å². The van der Waals surface area contributed by atoms with Crippen LogP contribution in [-0.2, 0) is 0 Å². The highest BCUT2D eigenvalue weighted by Crippen LogP contribution is 1.99. The lowest BCUT2D eigenvalue weighted by Crippen LogP contribution is -2.34. The second-order valence-corrected chi connectivity index (χ2v) is 4.78. The monoisotopic (exact) mass is 200 g/mol. The van der Waals surface area contributed by atoms with E-state index in [0.717, 1.165) is 12.5 Å². The van der Waals surface area contributed by atoms with Gasteiger partial charge in [-0.1, -0.05) is 34.1 Å². The molecule has 0 aliphatic rings. The number of rotatable bonds is 8. The smallest absolute Gasteiger partial charge is 0.00161 e. The lowest BCUT2D eigenvalue weighted by Gasteiger charge is -2.22. The molecule has 0 heterocycles. The first-order valence-electron chi connectivity index (χ1n) is 5.98. The Hall–Kier alpha value is -0.0800. The van der Waals surface area contributed by atoms with Crippen molar-refractivity contribution in [2.24, 2.45) is 5.92 Å². The van der Waals surface area contributed by atoms with Gasteiger partial charge >= 0.3 is 0 Å². The molecule has 1 unspecified atom stereocenters. The van der Waals surface area contributed by atoms with Crippen molar-refractivity contribution in [2.45, 2.75) is 46.6 Å². The maximum absolute atomic E-state index is 3.48. The van der Waals surface area contributed by atoms with Gasteiger partial charge in [0.15, 0.2) is 0 Å². The summed E-state index contributed by atoms with van der Waals surface area (Å²) in [7, 11) is 2.22. The summed E-state index contributed by atoms with van der Waals surface area (Å²) in [5, 5.41) is 3.48. The molecular formula is C12H28N2. The summed E-state index contributed by atoms with van der Waals surface area (Å²) < 4.78 is 0. The van der Waals surface area contributed by atoms with Gasteiger partial charge in [0.1, 0.15) is 0 Å². The number of unbranched alkanes of at least 4 members (excludes halogenated alkanes) is 1. The van der Waals surface area contributed by atoms with E-state index in [-0.39, 0.29) is 0 Å². The molecule has 1 atom stereocenters. The zero-order chi connectivity index (χ0) is 11.0. The van der Waals surface area contributed by atoms with Crippen LogP contribution in [0.25, 0.3) is 0 Å². The Morgan fingerprint density at radius 3 is 2.36 bits per heavy atom. The lowest BCUT2D eigenvalue weighted by atomic mass is 10.1. The van der Waals surface area contributed by atoms with Crippen LogP contribution in [0.5, 0.6) is 0 Å². The van der Waals surface area contributed by atoms with Crippen LogP contribution >= 0.6 is 0 Å². The van der Waals surface area contributed by atoms with Crippen LogP contribution < -0.4 is 5.32 Å². The van der Waals surface area contributed by atoms with E-state index in [9.17, 15) is 0 Å². The molecule has 1 N–H and O–H groups in total. The Kier molecular flexibility index (Phi) is 8.20. The van der Waals surface area contributed by atoms with E-state index in [2.05, 4.69) is 45.0 Å². The molecule has 0 amide bonds. The molecule has 0 rings (SSSR count). The van der Waals surface area contributed by atoms with E-state index in [1.807, 2.05) is 0 Å². The topological polar surface area (TPSA) is 15.3 Å². The molecular weight excluding hydrogens is 172 g/mol. The Morgan fingerprint density at radius 2 is 1.86 bits per heavy atom. The van der Waals surface area contributed by atoms with Crippen molar-refractivity contribution in [1.29, 1.82) is 0 Å². The zero-order valence-corrected chi connectivity index (χ0v) is 10.6. The highest BCUT2D eigenvalue weighted by Gasteiger charge is 2.06. The van der Waals surface area contributed by atoms with Gasteiger partial charge in [-0.2, -0.15) is 0 Å². The van der Waals surface area contributed by atoms with Crippen molar-refractivity contribution < 1.29 is 0 Å². The Balaban J connectivity index is 3.44. The first kappa shape index (κ1) is 13.9. The maximum atomic E-state index is 3.48. The Bertz CT molecular complexity index is 123. The van der Waals surface area contributed by atoms with E-state index in [1.54, 1.807) is 0 Å². The Morgan fingerprint density at radius 1 is 1.21 bits per heavy atom. The van der Waals surface area contributed by atoms with Gasteiger partial charge in [0.25, 0.3) is 0 Å². The fraction of sp³-hybridized carbons (Fsp3) is 1.00. The third kappa shape index (κ3) is 8.52. The maximum Gasteiger partial charge on any atom is 0.00161 e. The van der Waals surface area contributed by atoms with Crippen LogP contribution in [0.15, 0.2) is 0 Å². The van der Waals surface area contributed by atoms with Gasteiger partial charge < -0.3 is 10.2 Å². The number of nitrogens with zero attached hydrogens (tertiary/aromatic N) is 1. The summed E-state index contributed by atoms with van der Waals surface area (Å²) in [6.07, 6.45) is 2.61. The van der Waals surface area contributed by atoms with E-state index in [0.29, 0.717) is 6.04 Å². The summed E-state index contributed by atoms with van der Waals surface area (Å²) >= 11 is 0. The summed E-state index contributed by atoms with van der Waals surface area (Å²) in [6, 6.07) is 0.610. The minimum atomic E-state index is 0.610. The molecule has 0 saturated heterocycles. The van der Waals surface area contributed by atoms with Crippen LogP contribution in [0.2, 0.25) is 0 Å². The molecule has 86 valence electrons. The normalized spacial score (nSPS) is 13.9. The molecule has 0 aliphatic heterocycles. The van der Waals surface area contributed by atoms with Crippen molar-refractivity contribution >= 4 is 0 Å². The predicted octanol–water partition coefficient (Wildman–Crippen LogP) is 2.35. The molecule has 2 heteroatoms. The highest BCUT2D eigenvalue weighted by molar-refractivity contribution is 4.63. The van der Waals surface area contributed by atoms with Crippen LogP contribution in [-0.4, -0.2) is 37.6 Å². The number of hydrogen-bond donors (Lipinski definition) is 1. The Labute approximate surface area is 90.1 Å². The lowest BCUT2D eigenvalue weighted by molar-refractivity contribution is 0.274. The van der Waals surface area contributed by atoms with Gasteiger partial charge in [-0.3, -0.25) is 0 Å². The quantitative estimate of drug-likeness (QED) is 0.647. The molecule has 0 fully saturated rings. The average molecular weight is 200 g/mol. The van der Waals surface area contributed by atoms with E-state index >= 15 is 0 Å². The van der Waals surface area contributed by atoms with Crippen molar-refractivity contribution in [3.05, 3.63) is 0 Å². The van der Waals surface area contributed by atoms with Crippen molar-refractivity contribution in [3.8, 4) is 0 Å². The van der Waals surface area contributed by atoms with Gasteiger partial charge in [-0.15, -0.1) is 0 Å². The summed E-state index contributed by atoms with van der Waals surface area (Å²) in [5.74, 6) is 0.749. The average Bonchev–Trinajstić information content (AvgIpc) is 2.11. The van der Waals surface area contributed by atoms with Crippen LogP contribution in [0.1, 0.15) is 40.5 Å². The second-order valence-electron chi connectivity index (χ2n) is 4.78. The third-order valence-corrected chi connectivity index (χ3v) is 2.39. The molecule has 0 aromatic rings. The molecule has 0 bridgehead atoms. The van der Waals surface area contributed by atoms with Gasteiger partial charge in [0, 0.05) is 12.6 Å². The largest absolute Gasteiger partial charge is 0.314 e. The minimum Gasteiger partial charge on any atom is -0.314 e. The van der Waals surface area contributed by atoms with Crippen LogP contribution in [0.4, 0.5) is 0 Å². The molecule has 0 saturated carbocycles. The van der Waals surface area contributed by atoms with Crippen LogP contribution in [0.3, 0.4) is 0 Å². The first-order valence-corrected chi connectivity index (χ1v) is 5.98.